The molecule has 5 heterocycles. The fourth-order valence-corrected chi connectivity index (χ4v) is 7.17. The van der Waals surface area contributed by atoms with Gasteiger partial charge in [0.15, 0.2) is 6.07 Å². The first-order valence-corrected chi connectivity index (χ1v) is 15.5. The van der Waals surface area contributed by atoms with E-state index in [9.17, 15) is 24.9 Å². The lowest BCUT2D eigenvalue weighted by Crippen LogP contribution is -2.58. The SMILES string of the molecule is Cc1cc(C#N)[n+]([O-])c(C)c1C(=O)N1CCC(C)(N2CCC(N(Cc3ccsc3)C(=O)CN3CCOC3=O)CC2)CC1. The van der Waals surface area contributed by atoms with Crippen molar-refractivity contribution in [2.24, 2.45) is 0 Å². The molecule has 3 aliphatic heterocycles. The second kappa shape index (κ2) is 12.3. The number of nitrogens with zero attached hydrogens (tertiary/aromatic N) is 6. The van der Waals surface area contributed by atoms with E-state index < -0.39 is 6.09 Å². The molecule has 0 saturated carbocycles. The quantitative estimate of drug-likeness (QED) is 0.357. The molecule has 224 valence electrons. The lowest BCUT2D eigenvalue weighted by molar-refractivity contribution is -0.615. The molecule has 0 atom stereocenters. The van der Waals surface area contributed by atoms with Crippen molar-refractivity contribution in [3.05, 3.63) is 56.2 Å². The normalized spacial score (nSPS) is 19.4. The Morgan fingerprint density at radius 1 is 1.21 bits per heavy atom. The highest BCUT2D eigenvalue weighted by Gasteiger charge is 2.41. The molecule has 3 fully saturated rings. The van der Waals surface area contributed by atoms with Gasteiger partial charge in [0.05, 0.1) is 6.54 Å². The molecular weight excluding hydrogens is 556 g/mol. The minimum absolute atomic E-state index is 0.00897. The first kappa shape index (κ1) is 29.8. The van der Waals surface area contributed by atoms with Gasteiger partial charge in [-0.25, -0.2) is 4.79 Å². The third kappa shape index (κ3) is 5.94. The molecule has 0 unspecified atom stereocenters. The minimum atomic E-state index is -0.428. The number of pyridine rings is 1. The largest absolute Gasteiger partial charge is 0.618 e. The Kier molecular flexibility index (Phi) is 8.70. The van der Waals surface area contributed by atoms with Crippen molar-refractivity contribution in [3.63, 3.8) is 0 Å². The third-order valence-electron chi connectivity index (χ3n) is 9.18. The number of aromatic nitrogens is 1. The maximum atomic E-state index is 13.4. The Morgan fingerprint density at radius 2 is 1.93 bits per heavy atom. The Morgan fingerprint density at radius 3 is 2.52 bits per heavy atom. The number of nitriles is 1. The molecule has 2 aromatic heterocycles. The number of ether oxygens (including phenoxy) is 1. The number of rotatable bonds is 7. The summed E-state index contributed by atoms with van der Waals surface area (Å²) in [5, 5.41) is 25.7. The summed E-state index contributed by atoms with van der Waals surface area (Å²) in [6, 6.07) is 5.49. The Bertz CT molecular complexity index is 1370. The second-order valence-corrected chi connectivity index (χ2v) is 12.6. The van der Waals surface area contributed by atoms with E-state index in [1.807, 2.05) is 27.3 Å². The van der Waals surface area contributed by atoms with E-state index in [2.05, 4.69) is 17.2 Å². The predicted octanol–water partition coefficient (Wildman–Crippen LogP) is 2.81. The van der Waals surface area contributed by atoms with E-state index in [0.717, 1.165) is 44.3 Å². The van der Waals surface area contributed by atoms with Gasteiger partial charge < -0.3 is 19.7 Å². The number of carbonyl (C=O) groups is 3. The average molecular weight is 595 g/mol. The summed E-state index contributed by atoms with van der Waals surface area (Å²) in [6.45, 7) is 9.80. The summed E-state index contributed by atoms with van der Waals surface area (Å²) in [5.74, 6) is -0.214. The topological polar surface area (TPSA) is 124 Å². The van der Waals surface area contributed by atoms with Gasteiger partial charge in [-0.05, 0) is 67.5 Å². The van der Waals surface area contributed by atoms with E-state index in [1.165, 1.54) is 11.0 Å². The molecule has 3 amide bonds. The van der Waals surface area contributed by atoms with Crippen molar-refractivity contribution in [3.8, 4) is 6.07 Å². The molecular formula is C30H38N6O5S. The van der Waals surface area contributed by atoms with Crippen molar-refractivity contribution in [1.82, 2.24) is 19.6 Å². The number of carbonyl (C=O) groups excluding carboxylic acids is 3. The highest BCUT2D eigenvalue weighted by molar-refractivity contribution is 7.07. The number of aryl methyl sites for hydroxylation is 1. The molecule has 0 aliphatic carbocycles. The molecule has 0 bridgehead atoms. The van der Waals surface area contributed by atoms with Gasteiger partial charge in [0.1, 0.15) is 18.7 Å². The monoisotopic (exact) mass is 594 g/mol. The number of thiophene rings is 1. The van der Waals surface area contributed by atoms with E-state index in [4.69, 9.17) is 4.74 Å². The fraction of sp³-hybridized carbons (Fsp3) is 0.567. The van der Waals surface area contributed by atoms with E-state index >= 15 is 0 Å². The lowest BCUT2D eigenvalue weighted by Gasteiger charge is -2.50. The third-order valence-corrected chi connectivity index (χ3v) is 9.91. The molecule has 0 N–H and O–H groups in total. The maximum Gasteiger partial charge on any atom is 0.410 e. The smallest absolute Gasteiger partial charge is 0.410 e. The van der Waals surface area contributed by atoms with Gasteiger partial charge in [-0.3, -0.25) is 19.4 Å². The van der Waals surface area contributed by atoms with Crippen molar-refractivity contribution < 1.29 is 23.9 Å². The maximum absolute atomic E-state index is 13.4. The number of piperidine rings is 2. The Hall–Kier alpha value is -3.69. The van der Waals surface area contributed by atoms with Gasteiger partial charge in [-0.2, -0.15) is 21.3 Å². The summed E-state index contributed by atoms with van der Waals surface area (Å²) in [6.07, 6.45) is 2.87. The highest BCUT2D eigenvalue weighted by atomic mass is 32.1. The van der Waals surface area contributed by atoms with Crippen LogP contribution in [0.2, 0.25) is 0 Å². The minimum Gasteiger partial charge on any atom is -0.618 e. The molecule has 5 rings (SSSR count). The van der Waals surface area contributed by atoms with Gasteiger partial charge >= 0.3 is 6.09 Å². The van der Waals surface area contributed by atoms with Gasteiger partial charge in [0, 0.05) is 57.3 Å². The summed E-state index contributed by atoms with van der Waals surface area (Å²) in [5.41, 5.74) is 2.29. The number of likely N-dealkylation sites (tertiary alicyclic amines) is 2. The van der Waals surface area contributed by atoms with Crippen LogP contribution >= 0.6 is 11.3 Å². The average Bonchev–Trinajstić information content (AvgIpc) is 3.65. The van der Waals surface area contributed by atoms with Crippen LogP contribution < -0.4 is 4.73 Å². The van der Waals surface area contributed by atoms with Gasteiger partial charge in [-0.1, -0.05) is 0 Å². The number of cyclic esters (lactones) is 1. The number of hydrogen-bond acceptors (Lipinski definition) is 8. The van der Waals surface area contributed by atoms with Crippen molar-refractivity contribution >= 4 is 29.2 Å². The zero-order chi connectivity index (χ0) is 30.0. The van der Waals surface area contributed by atoms with Crippen LogP contribution in [0.15, 0.2) is 22.9 Å². The van der Waals surface area contributed by atoms with Gasteiger partial charge in [0.25, 0.3) is 11.6 Å². The first-order valence-electron chi connectivity index (χ1n) is 14.5. The fourth-order valence-electron chi connectivity index (χ4n) is 6.51. The van der Waals surface area contributed by atoms with E-state index in [0.29, 0.717) is 48.6 Å². The molecule has 3 aliphatic rings. The van der Waals surface area contributed by atoms with Crippen LogP contribution in [0.25, 0.3) is 0 Å². The molecule has 0 radical (unpaired) electrons. The lowest BCUT2D eigenvalue weighted by atomic mass is 9.85. The molecule has 0 spiro atoms. The van der Waals surface area contributed by atoms with Crippen LogP contribution in [-0.2, 0) is 16.1 Å². The highest BCUT2D eigenvalue weighted by Crippen LogP contribution is 2.33. The van der Waals surface area contributed by atoms with Crippen LogP contribution in [0.5, 0.6) is 0 Å². The Balaban J connectivity index is 1.20. The molecule has 11 nitrogen and oxygen atoms in total. The first-order chi connectivity index (χ1) is 20.1. The summed E-state index contributed by atoms with van der Waals surface area (Å²) in [7, 11) is 0. The predicted molar refractivity (Wildman–Crippen MR) is 156 cm³/mol. The zero-order valence-corrected chi connectivity index (χ0v) is 25.3. The van der Waals surface area contributed by atoms with E-state index in [1.54, 1.807) is 25.2 Å². The van der Waals surface area contributed by atoms with Crippen molar-refractivity contribution in [2.45, 2.75) is 64.6 Å². The Labute approximate surface area is 250 Å². The van der Waals surface area contributed by atoms with Crippen LogP contribution in [0.4, 0.5) is 4.79 Å². The number of amides is 3. The van der Waals surface area contributed by atoms with Gasteiger partial charge in [-0.15, -0.1) is 0 Å². The number of hydrogen-bond donors (Lipinski definition) is 0. The van der Waals surface area contributed by atoms with Crippen LogP contribution in [0.3, 0.4) is 0 Å². The van der Waals surface area contributed by atoms with Crippen molar-refractivity contribution in [1.29, 1.82) is 5.26 Å². The van der Waals surface area contributed by atoms with Crippen LogP contribution in [0.1, 0.15) is 65.5 Å². The molecule has 3 saturated heterocycles. The molecule has 0 aromatic carbocycles. The van der Waals surface area contributed by atoms with Crippen LogP contribution in [0, 0.1) is 30.4 Å². The molecule has 42 heavy (non-hydrogen) atoms. The zero-order valence-electron chi connectivity index (χ0n) is 24.5. The molecule has 12 heteroatoms. The summed E-state index contributed by atoms with van der Waals surface area (Å²) < 4.78 is 5.57. The summed E-state index contributed by atoms with van der Waals surface area (Å²) >= 11 is 1.61. The second-order valence-electron chi connectivity index (χ2n) is 11.8. The van der Waals surface area contributed by atoms with Crippen LogP contribution in [-0.4, -0.2) is 95.0 Å². The van der Waals surface area contributed by atoms with Gasteiger partial charge in [0.2, 0.25) is 11.6 Å². The standard InChI is InChI=1S/C30H38N6O5S/c1-21-16-25(17-31)36(40)22(2)27(21)28(38)32-11-7-30(3,8-12-32)34-9-4-24(5-10-34)35(18-23-6-15-42-20-23)26(37)19-33-13-14-41-29(33)39/h6,15-16,20,24H,4-5,7-14,18-19H2,1-3H3. The summed E-state index contributed by atoms with van der Waals surface area (Å²) in [4.78, 5) is 46.6. The van der Waals surface area contributed by atoms with E-state index in [-0.39, 0.29) is 41.3 Å². The molecule has 2 aromatic rings. The van der Waals surface area contributed by atoms with Crippen molar-refractivity contribution in [2.75, 3.05) is 45.9 Å².